The number of benzene rings is 1. The Morgan fingerprint density at radius 2 is 1.71 bits per heavy atom. The molecule has 0 radical (unpaired) electrons. The van der Waals surface area contributed by atoms with Crippen molar-refractivity contribution in [2.75, 3.05) is 33.2 Å². The maximum atomic E-state index is 13.1. The van der Waals surface area contributed by atoms with Gasteiger partial charge in [-0.15, -0.1) is 0 Å². The number of hydrogen-bond acceptors (Lipinski definition) is 5. The van der Waals surface area contributed by atoms with Crippen LogP contribution in [0.2, 0.25) is 0 Å². The highest BCUT2D eigenvalue weighted by Gasteiger charge is 2.26. The number of nitrogens with one attached hydrogen (secondary N) is 2. The molecule has 1 heterocycles. The summed E-state index contributed by atoms with van der Waals surface area (Å²) in [4.78, 5) is 41.5. The minimum absolute atomic E-state index is 0.0989. The topological polar surface area (TPSA) is 108 Å². The highest BCUT2D eigenvalue weighted by Crippen LogP contribution is 2.25. The molecule has 3 amide bonds. The molecule has 1 aliphatic carbocycles. The van der Waals surface area contributed by atoms with E-state index in [0.717, 1.165) is 49.9 Å². The number of carbonyl (C=O) groups excluding carboxylic acids is 3. The number of likely N-dealkylation sites (N-methyl/N-ethyl adjacent to an activating group) is 1. The number of nitrogens with zero attached hydrogens (tertiary/aromatic N) is 2. The van der Waals surface area contributed by atoms with Crippen LogP contribution in [0.5, 0.6) is 0 Å². The summed E-state index contributed by atoms with van der Waals surface area (Å²) in [6, 6.07) is 7.15. The molecule has 0 unspecified atom stereocenters. The first-order chi connectivity index (χ1) is 16.4. The van der Waals surface area contributed by atoms with Crippen molar-refractivity contribution < 1.29 is 14.4 Å². The number of piperazine rings is 1. The zero-order chi connectivity index (χ0) is 24.5. The summed E-state index contributed by atoms with van der Waals surface area (Å²) in [7, 11) is 2.03. The van der Waals surface area contributed by atoms with Gasteiger partial charge in [0.15, 0.2) is 0 Å². The molecule has 1 atom stereocenters. The summed E-state index contributed by atoms with van der Waals surface area (Å²) >= 11 is 0. The van der Waals surface area contributed by atoms with Crippen LogP contribution in [0.3, 0.4) is 0 Å². The fraction of sp³-hybridized carbons (Fsp3) is 0.577. The molecule has 2 aliphatic rings. The zero-order valence-electron chi connectivity index (χ0n) is 20.5. The van der Waals surface area contributed by atoms with Crippen molar-refractivity contribution in [2.24, 2.45) is 11.7 Å². The number of amides is 3. The fourth-order valence-electron chi connectivity index (χ4n) is 4.48. The molecule has 0 aromatic heterocycles. The molecule has 186 valence electrons. The largest absolute Gasteiger partial charge is 0.351 e. The van der Waals surface area contributed by atoms with Gasteiger partial charge in [-0.2, -0.15) is 0 Å². The average molecular weight is 470 g/mol. The molecule has 8 heteroatoms. The van der Waals surface area contributed by atoms with Crippen LogP contribution in [0, 0.1) is 5.92 Å². The molecule has 1 aromatic carbocycles. The van der Waals surface area contributed by atoms with Crippen LogP contribution in [-0.4, -0.2) is 66.8 Å². The van der Waals surface area contributed by atoms with Crippen LogP contribution < -0.4 is 16.4 Å². The Balaban J connectivity index is 1.61. The smallest absolute Gasteiger partial charge is 0.270 e. The lowest BCUT2D eigenvalue weighted by Gasteiger charge is -2.33. The van der Waals surface area contributed by atoms with E-state index in [9.17, 15) is 14.4 Å². The fourth-order valence-corrected chi connectivity index (χ4v) is 4.48. The second-order valence-electron chi connectivity index (χ2n) is 9.44. The van der Waals surface area contributed by atoms with Gasteiger partial charge in [-0.3, -0.25) is 14.4 Å². The van der Waals surface area contributed by atoms with E-state index in [1.807, 2.05) is 31.3 Å². The van der Waals surface area contributed by atoms with Crippen molar-refractivity contribution in [1.82, 2.24) is 20.4 Å². The van der Waals surface area contributed by atoms with Crippen LogP contribution in [0.1, 0.15) is 56.6 Å². The minimum Gasteiger partial charge on any atom is -0.351 e. The molecule has 2 fully saturated rings. The maximum absolute atomic E-state index is 13.1. The van der Waals surface area contributed by atoms with Gasteiger partial charge in [0.2, 0.25) is 11.8 Å². The lowest BCUT2D eigenvalue weighted by atomic mass is 9.84. The van der Waals surface area contributed by atoms with Crippen molar-refractivity contribution in [3.8, 4) is 0 Å². The standard InChI is InChI=1S/C26H39N5O3/c1-3-23(32)29-22(26(34)31-15-13-30(2)14-16-31)17-19-9-11-20(12-10-19)18-28-25(33)24(27)21-7-5-4-6-8-21/h9-12,17,21,24H,3-8,13-16,18,27H2,1-2H3,(H,28,33)(H,29,32)/b22-17+/t24-/m0/s1. The van der Waals surface area contributed by atoms with Gasteiger partial charge in [-0.1, -0.05) is 50.5 Å². The predicted octanol–water partition coefficient (Wildman–Crippen LogP) is 1.85. The Hall–Kier alpha value is -2.71. The van der Waals surface area contributed by atoms with E-state index in [1.54, 1.807) is 17.9 Å². The van der Waals surface area contributed by atoms with Gasteiger partial charge in [0.1, 0.15) is 5.70 Å². The van der Waals surface area contributed by atoms with E-state index in [4.69, 9.17) is 5.73 Å². The Kier molecular flexibility index (Phi) is 9.65. The summed E-state index contributed by atoms with van der Waals surface area (Å²) in [6.45, 7) is 5.06. The van der Waals surface area contributed by atoms with E-state index in [2.05, 4.69) is 15.5 Å². The number of carbonyl (C=O) groups is 3. The van der Waals surface area contributed by atoms with E-state index in [-0.39, 0.29) is 29.3 Å². The van der Waals surface area contributed by atoms with Gasteiger partial charge in [-0.05, 0) is 43.0 Å². The molecule has 0 spiro atoms. The Bertz CT molecular complexity index is 869. The van der Waals surface area contributed by atoms with Crippen molar-refractivity contribution in [3.05, 3.63) is 41.1 Å². The molecule has 1 aromatic rings. The van der Waals surface area contributed by atoms with E-state index >= 15 is 0 Å². The van der Waals surface area contributed by atoms with Crippen LogP contribution >= 0.6 is 0 Å². The van der Waals surface area contributed by atoms with Crippen molar-refractivity contribution >= 4 is 23.8 Å². The number of nitrogens with two attached hydrogens (primary N) is 1. The third-order valence-corrected chi connectivity index (χ3v) is 6.83. The van der Waals surface area contributed by atoms with E-state index in [0.29, 0.717) is 26.1 Å². The normalized spacial score (nSPS) is 18.9. The summed E-state index contributed by atoms with van der Waals surface area (Å²) in [5, 5.41) is 5.72. The van der Waals surface area contributed by atoms with Crippen LogP contribution in [-0.2, 0) is 20.9 Å². The third-order valence-electron chi connectivity index (χ3n) is 6.83. The predicted molar refractivity (Wildman–Crippen MR) is 133 cm³/mol. The monoisotopic (exact) mass is 469 g/mol. The summed E-state index contributed by atoms with van der Waals surface area (Å²) in [6.07, 6.45) is 7.61. The Labute approximate surface area is 202 Å². The molecular weight excluding hydrogens is 430 g/mol. The van der Waals surface area contributed by atoms with Gasteiger partial charge < -0.3 is 26.2 Å². The Morgan fingerprint density at radius 3 is 2.32 bits per heavy atom. The van der Waals surface area contributed by atoms with Crippen molar-refractivity contribution in [1.29, 1.82) is 0 Å². The lowest BCUT2D eigenvalue weighted by Crippen LogP contribution is -2.49. The number of rotatable bonds is 8. The second-order valence-corrected chi connectivity index (χ2v) is 9.44. The van der Waals surface area contributed by atoms with Crippen molar-refractivity contribution in [3.63, 3.8) is 0 Å². The summed E-state index contributed by atoms with van der Waals surface area (Å²) in [5.41, 5.74) is 8.24. The molecule has 1 saturated carbocycles. The van der Waals surface area contributed by atoms with Crippen LogP contribution in [0.25, 0.3) is 6.08 Å². The quantitative estimate of drug-likeness (QED) is 0.504. The highest BCUT2D eigenvalue weighted by molar-refractivity contribution is 6.01. The van der Waals surface area contributed by atoms with Gasteiger partial charge in [0.05, 0.1) is 6.04 Å². The maximum Gasteiger partial charge on any atom is 0.270 e. The third kappa shape index (κ3) is 7.40. The summed E-state index contributed by atoms with van der Waals surface area (Å²) < 4.78 is 0. The van der Waals surface area contributed by atoms with Gasteiger partial charge >= 0.3 is 0 Å². The van der Waals surface area contributed by atoms with E-state index < -0.39 is 6.04 Å². The Morgan fingerprint density at radius 1 is 1.06 bits per heavy atom. The average Bonchev–Trinajstić information content (AvgIpc) is 2.87. The first-order valence-corrected chi connectivity index (χ1v) is 12.5. The first-order valence-electron chi connectivity index (χ1n) is 12.5. The molecule has 4 N–H and O–H groups in total. The molecule has 0 bridgehead atoms. The molecule has 8 nitrogen and oxygen atoms in total. The van der Waals surface area contributed by atoms with Crippen LogP contribution in [0.4, 0.5) is 0 Å². The van der Waals surface area contributed by atoms with Gasteiger partial charge in [0.25, 0.3) is 5.91 Å². The summed E-state index contributed by atoms with van der Waals surface area (Å²) in [5.74, 6) is -0.181. The molecule has 1 aliphatic heterocycles. The zero-order valence-corrected chi connectivity index (χ0v) is 20.5. The molecule has 1 saturated heterocycles. The lowest BCUT2D eigenvalue weighted by molar-refractivity contribution is -0.130. The molecule has 34 heavy (non-hydrogen) atoms. The number of hydrogen-bond donors (Lipinski definition) is 3. The van der Waals surface area contributed by atoms with Gasteiger partial charge in [0, 0.05) is 39.1 Å². The van der Waals surface area contributed by atoms with E-state index in [1.165, 1.54) is 6.42 Å². The molecule has 3 rings (SSSR count). The molecular formula is C26H39N5O3. The van der Waals surface area contributed by atoms with Crippen molar-refractivity contribution in [2.45, 2.75) is 58.0 Å². The first kappa shape index (κ1) is 25.9. The van der Waals surface area contributed by atoms with Gasteiger partial charge in [-0.25, -0.2) is 0 Å². The highest BCUT2D eigenvalue weighted by atomic mass is 16.2. The van der Waals surface area contributed by atoms with Crippen LogP contribution in [0.15, 0.2) is 30.0 Å². The second kappa shape index (κ2) is 12.7. The SMILES string of the molecule is CCC(=O)N/C(=C/c1ccc(CNC(=O)[C@@H](N)C2CCCCC2)cc1)C(=O)N1CCN(C)CC1. The minimum atomic E-state index is -0.451.